The first kappa shape index (κ1) is 13.6. The fraction of sp³-hybridized carbons (Fsp3) is 0.0588. The van der Waals surface area contributed by atoms with Crippen LogP contribution in [0, 0.1) is 6.92 Å². The van der Waals surface area contributed by atoms with E-state index in [0.29, 0.717) is 5.69 Å². The fourth-order valence-electron chi connectivity index (χ4n) is 2.17. The molecule has 1 heterocycles. The number of nitrogens with zero attached hydrogens (tertiary/aromatic N) is 1. The maximum atomic E-state index is 11.0. The number of aromatic carboxylic acids is 1. The normalized spacial score (nSPS) is 10.7. The number of benzene rings is 2. The van der Waals surface area contributed by atoms with E-state index >= 15 is 0 Å². The van der Waals surface area contributed by atoms with Gasteiger partial charge >= 0.3 is 5.97 Å². The van der Waals surface area contributed by atoms with Crippen LogP contribution in [0.15, 0.2) is 64.5 Å². The number of carbonyl (C=O) groups is 1. The summed E-state index contributed by atoms with van der Waals surface area (Å²) in [4.78, 5) is 16.4. The standard InChI is InChI=1S/C17H13NO2S/c1-11-15(17(19)20)8-9-16(18-11)21-14-7-6-12-4-2-3-5-13(12)10-14/h2-10H,1H3,(H,19,20). The second-order valence-corrected chi connectivity index (χ2v) is 5.79. The number of pyridine rings is 1. The number of fused-ring (bicyclic) bond motifs is 1. The van der Waals surface area contributed by atoms with Crippen molar-refractivity contribution in [3.05, 3.63) is 65.9 Å². The summed E-state index contributed by atoms with van der Waals surface area (Å²) in [6, 6.07) is 17.8. The lowest BCUT2D eigenvalue weighted by molar-refractivity contribution is 0.0695. The van der Waals surface area contributed by atoms with Gasteiger partial charge in [-0.1, -0.05) is 42.1 Å². The molecule has 21 heavy (non-hydrogen) atoms. The van der Waals surface area contributed by atoms with Gasteiger partial charge in [-0.25, -0.2) is 9.78 Å². The highest BCUT2D eigenvalue weighted by molar-refractivity contribution is 7.99. The number of aryl methyl sites for hydroxylation is 1. The molecule has 0 aliphatic heterocycles. The first-order chi connectivity index (χ1) is 10.1. The molecular weight excluding hydrogens is 282 g/mol. The lowest BCUT2D eigenvalue weighted by Crippen LogP contribution is -2.01. The van der Waals surface area contributed by atoms with Crippen LogP contribution in [0.2, 0.25) is 0 Å². The molecule has 0 saturated carbocycles. The molecule has 1 aromatic heterocycles. The second kappa shape index (κ2) is 5.58. The van der Waals surface area contributed by atoms with Crippen molar-refractivity contribution < 1.29 is 9.90 Å². The molecule has 3 rings (SSSR count). The van der Waals surface area contributed by atoms with Crippen LogP contribution >= 0.6 is 11.8 Å². The van der Waals surface area contributed by atoms with Gasteiger partial charge in [0.05, 0.1) is 11.3 Å². The van der Waals surface area contributed by atoms with Crippen LogP contribution in [-0.4, -0.2) is 16.1 Å². The molecule has 0 bridgehead atoms. The summed E-state index contributed by atoms with van der Waals surface area (Å²) in [6.45, 7) is 1.72. The molecule has 0 fully saturated rings. The lowest BCUT2D eigenvalue weighted by Gasteiger charge is -2.05. The minimum atomic E-state index is -0.942. The Morgan fingerprint density at radius 3 is 2.52 bits per heavy atom. The Balaban J connectivity index is 1.91. The molecule has 0 radical (unpaired) electrons. The fourth-order valence-corrected chi connectivity index (χ4v) is 3.05. The van der Waals surface area contributed by atoms with Gasteiger partial charge in [-0.2, -0.15) is 0 Å². The summed E-state index contributed by atoms with van der Waals surface area (Å²) in [7, 11) is 0. The summed E-state index contributed by atoms with van der Waals surface area (Å²) in [5.41, 5.74) is 0.783. The first-order valence-corrected chi connectivity index (χ1v) is 7.33. The zero-order valence-electron chi connectivity index (χ0n) is 11.4. The zero-order valence-corrected chi connectivity index (χ0v) is 12.2. The van der Waals surface area contributed by atoms with E-state index in [4.69, 9.17) is 5.11 Å². The molecule has 0 aliphatic rings. The van der Waals surface area contributed by atoms with Crippen molar-refractivity contribution >= 4 is 28.5 Å². The summed E-state index contributed by atoms with van der Waals surface area (Å²) < 4.78 is 0. The number of hydrogen-bond acceptors (Lipinski definition) is 3. The molecule has 2 aromatic carbocycles. The maximum Gasteiger partial charge on any atom is 0.337 e. The minimum Gasteiger partial charge on any atom is -0.478 e. The Morgan fingerprint density at radius 2 is 1.81 bits per heavy atom. The van der Waals surface area contributed by atoms with Gasteiger partial charge in [-0.3, -0.25) is 0 Å². The van der Waals surface area contributed by atoms with Crippen LogP contribution in [-0.2, 0) is 0 Å². The van der Waals surface area contributed by atoms with E-state index < -0.39 is 5.97 Å². The summed E-state index contributed by atoms with van der Waals surface area (Å²) in [5, 5.41) is 12.2. The Labute approximate surface area is 126 Å². The van der Waals surface area contributed by atoms with E-state index in [-0.39, 0.29) is 5.56 Å². The molecule has 104 valence electrons. The van der Waals surface area contributed by atoms with Crippen LogP contribution in [0.4, 0.5) is 0 Å². The van der Waals surface area contributed by atoms with Gasteiger partial charge in [0.25, 0.3) is 0 Å². The third-order valence-corrected chi connectivity index (χ3v) is 4.16. The molecule has 0 amide bonds. The van der Waals surface area contributed by atoms with Crippen molar-refractivity contribution in [2.24, 2.45) is 0 Å². The topological polar surface area (TPSA) is 50.2 Å². The molecule has 0 atom stereocenters. The van der Waals surface area contributed by atoms with Gasteiger partial charge in [0.1, 0.15) is 5.03 Å². The van der Waals surface area contributed by atoms with Crippen LogP contribution in [0.25, 0.3) is 10.8 Å². The highest BCUT2D eigenvalue weighted by Gasteiger charge is 2.09. The zero-order chi connectivity index (χ0) is 14.8. The highest BCUT2D eigenvalue weighted by Crippen LogP contribution is 2.29. The molecule has 0 saturated heterocycles. The van der Waals surface area contributed by atoms with Crippen LogP contribution in [0.5, 0.6) is 0 Å². The number of carboxylic acids is 1. The molecule has 0 unspecified atom stereocenters. The summed E-state index contributed by atoms with van der Waals surface area (Å²) in [6.07, 6.45) is 0. The summed E-state index contributed by atoms with van der Waals surface area (Å²) in [5.74, 6) is -0.942. The van der Waals surface area contributed by atoms with Crippen molar-refractivity contribution in [1.29, 1.82) is 0 Å². The van der Waals surface area contributed by atoms with Gasteiger partial charge in [-0.05, 0) is 42.0 Å². The van der Waals surface area contributed by atoms with Crippen molar-refractivity contribution in [2.75, 3.05) is 0 Å². The Hall–Kier alpha value is -2.33. The number of rotatable bonds is 3. The smallest absolute Gasteiger partial charge is 0.337 e. The molecule has 0 spiro atoms. The number of hydrogen-bond donors (Lipinski definition) is 1. The van der Waals surface area contributed by atoms with Crippen molar-refractivity contribution in [3.8, 4) is 0 Å². The molecule has 3 aromatic rings. The van der Waals surface area contributed by atoms with E-state index in [2.05, 4.69) is 35.3 Å². The van der Waals surface area contributed by atoms with E-state index in [1.807, 2.05) is 12.1 Å². The van der Waals surface area contributed by atoms with Crippen LogP contribution in [0.1, 0.15) is 16.1 Å². The predicted molar refractivity (Wildman–Crippen MR) is 84.0 cm³/mol. The van der Waals surface area contributed by atoms with Gasteiger partial charge in [-0.15, -0.1) is 0 Å². The number of carboxylic acid groups (broad SMARTS) is 1. The predicted octanol–water partition coefficient (Wildman–Crippen LogP) is 4.39. The molecule has 3 nitrogen and oxygen atoms in total. The minimum absolute atomic E-state index is 0.248. The average Bonchev–Trinajstić information content (AvgIpc) is 2.47. The molecule has 1 N–H and O–H groups in total. The monoisotopic (exact) mass is 295 g/mol. The van der Waals surface area contributed by atoms with Crippen molar-refractivity contribution in [3.63, 3.8) is 0 Å². The van der Waals surface area contributed by atoms with E-state index in [1.54, 1.807) is 19.1 Å². The third kappa shape index (κ3) is 2.90. The largest absolute Gasteiger partial charge is 0.478 e. The third-order valence-electron chi connectivity index (χ3n) is 3.23. The maximum absolute atomic E-state index is 11.0. The second-order valence-electron chi connectivity index (χ2n) is 4.70. The Kier molecular flexibility index (Phi) is 3.62. The Bertz CT molecular complexity index is 830. The van der Waals surface area contributed by atoms with Gasteiger partial charge in [0.15, 0.2) is 0 Å². The van der Waals surface area contributed by atoms with Crippen LogP contribution in [0.3, 0.4) is 0 Å². The van der Waals surface area contributed by atoms with E-state index in [9.17, 15) is 4.79 Å². The molecular formula is C17H13NO2S. The van der Waals surface area contributed by atoms with E-state index in [1.165, 1.54) is 22.5 Å². The average molecular weight is 295 g/mol. The SMILES string of the molecule is Cc1nc(Sc2ccc3ccccc3c2)ccc1C(=O)O. The van der Waals surface area contributed by atoms with E-state index in [0.717, 1.165) is 9.92 Å². The van der Waals surface area contributed by atoms with Gasteiger partial charge in [0.2, 0.25) is 0 Å². The number of aromatic nitrogens is 1. The summed E-state index contributed by atoms with van der Waals surface area (Å²) >= 11 is 1.53. The molecule has 4 heteroatoms. The first-order valence-electron chi connectivity index (χ1n) is 6.51. The highest BCUT2D eigenvalue weighted by atomic mass is 32.2. The van der Waals surface area contributed by atoms with Gasteiger partial charge in [0, 0.05) is 4.90 Å². The lowest BCUT2D eigenvalue weighted by atomic mass is 10.1. The van der Waals surface area contributed by atoms with Gasteiger partial charge < -0.3 is 5.11 Å². The van der Waals surface area contributed by atoms with Crippen molar-refractivity contribution in [1.82, 2.24) is 4.98 Å². The van der Waals surface area contributed by atoms with Crippen LogP contribution < -0.4 is 0 Å². The molecule has 0 aliphatic carbocycles. The quantitative estimate of drug-likeness (QED) is 0.778. The Morgan fingerprint density at radius 1 is 1.05 bits per heavy atom. The van der Waals surface area contributed by atoms with Crippen molar-refractivity contribution in [2.45, 2.75) is 16.8 Å².